The van der Waals surface area contributed by atoms with E-state index in [2.05, 4.69) is 22.6 Å². The minimum Gasteiger partial charge on any atom is -0.512 e. The van der Waals surface area contributed by atoms with Crippen molar-refractivity contribution in [1.29, 1.82) is 0 Å². The fraction of sp³-hybridized carbons (Fsp3) is 0.368. The molecule has 0 radical (unpaired) electrons. The molecule has 0 heterocycles. The topological polar surface area (TPSA) is 141 Å². The van der Waals surface area contributed by atoms with Gasteiger partial charge in [-0.2, -0.15) is 0 Å². The number of halogens is 1. The number of primary amides is 1. The van der Waals surface area contributed by atoms with E-state index in [0.717, 1.165) is 9.13 Å². The molecule has 0 aliphatic heterocycles. The molecule has 4 unspecified atom stereocenters. The lowest BCUT2D eigenvalue weighted by atomic mass is 9.62. The molecule has 0 bridgehead atoms. The van der Waals surface area contributed by atoms with E-state index in [-0.39, 0.29) is 52.2 Å². The molecule has 1 aromatic carbocycles. The number of aliphatic hydroxyl groups is 3. The number of aromatic hydroxyl groups is 1. The van der Waals surface area contributed by atoms with Crippen molar-refractivity contribution in [2.45, 2.75) is 25.4 Å². The summed E-state index contributed by atoms with van der Waals surface area (Å²) < 4.78 is 0.858. The van der Waals surface area contributed by atoms with Crippen LogP contribution in [0.3, 0.4) is 0 Å². The van der Waals surface area contributed by atoms with Crippen LogP contribution in [0.25, 0.3) is 0 Å². The highest BCUT2D eigenvalue weighted by Crippen LogP contribution is 2.50. The predicted molar refractivity (Wildman–Crippen MR) is 103 cm³/mol. The standard InChI is InChI=1S/C19H18INO6/c20-9-1-2-10(22)14-8(9)4-6-3-7-5-11(23)15(19(21)27)18(26)13(7)16(24)12(6)17(14)25/h1-2,6-7,13,18,22-24,26H,3-5H2,(H2,21,27). The van der Waals surface area contributed by atoms with Gasteiger partial charge in [0.1, 0.15) is 17.3 Å². The van der Waals surface area contributed by atoms with Crippen molar-refractivity contribution < 1.29 is 30.0 Å². The van der Waals surface area contributed by atoms with Crippen molar-refractivity contribution in [3.8, 4) is 5.75 Å². The molecule has 4 atom stereocenters. The third kappa shape index (κ3) is 2.57. The number of ketones is 1. The number of carbonyl (C=O) groups is 2. The van der Waals surface area contributed by atoms with Crippen LogP contribution in [0.2, 0.25) is 0 Å². The van der Waals surface area contributed by atoms with Gasteiger partial charge < -0.3 is 26.2 Å². The Hall–Kier alpha value is -2.07. The molecule has 3 aliphatic rings. The molecule has 3 aliphatic carbocycles. The smallest absolute Gasteiger partial charge is 0.250 e. The van der Waals surface area contributed by atoms with E-state index >= 15 is 0 Å². The van der Waals surface area contributed by atoms with Crippen molar-refractivity contribution in [3.63, 3.8) is 0 Å². The van der Waals surface area contributed by atoms with E-state index in [0.29, 0.717) is 12.8 Å². The summed E-state index contributed by atoms with van der Waals surface area (Å²) in [5, 5.41) is 41.8. The van der Waals surface area contributed by atoms with Gasteiger partial charge >= 0.3 is 0 Å². The molecule has 0 aromatic heterocycles. The molecular formula is C19H18INO6. The zero-order chi connectivity index (χ0) is 19.6. The van der Waals surface area contributed by atoms with Crippen LogP contribution >= 0.6 is 22.6 Å². The van der Waals surface area contributed by atoms with Crippen molar-refractivity contribution >= 4 is 34.3 Å². The summed E-state index contributed by atoms with van der Waals surface area (Å²) in [4.78, 5) is 24.7. The summed E-state index contributed by atoms with van der Waals surface area (Å²) in [5.41, 5.74) is 6.04. The first-order valence-corrected chi connectivity index (χ1v) is 9.68. The molecular weight excluding hydrogens is 465 g/mol. The second-order valence-electron chi connectivity index (χ2n) is 7.34. The number of phenolic OH excluding ortho intramolecular Hbond substituents is 1. The van der Waals surface area contributed by atoms with E-state index in [9.17, 15) is 30.0 Å². The van der Waals surface area contributed by atoms with Gasteiger partial charge in [0.05, 0.1) is 23.2 Å². The summed E-state index contributed by atoms with van der Waals surface area (Å²) >= 11 is 2.11. The van der Waals surface area contributed by atoms with Crippen molar-refractivity contribution in [2.24, 2.45) is 23.5 Å². The highest BCUT2D eigenvalue weighted by molar-refractivity contribution is 14.1. The zero-order valence-electron chi connectivity index (χ0n) is 14.1. The highest BCUT2D eigenvalue weighted by Gasteiger charge is 2.50. The van der Waals surface area contributed by atoms with Crippen LogP contribution in [-0.2, 0) is 11.2 Å². The number of allylic oxidation sites excluding steroid dienone is 2. The molecule has 0 saturated heterocycles. The summed E-state index contributed by atoms with van der Waals surface area (Å²) in [6, 6.07) is 3.18. The molecule has 27 heavy (non-hydrogen) atoms. The van der Waals surface area contributed by atoms with Gasteiger partial charge in [-0.05, 0) is 65.0 Å². The molecule has 0 saturated carbocycles. The summed E-state index contributed by atoms with van der Waals surface area (Å²) in [6.07, 6.45) is -0.437. The van der Waals surface area contributed by atoms with Crippen LogP contribution in [0, 0.1) is 21.3 Å². The van der Waals surface area contributed by atoms with Crippen LogP contribution in [0.5, 0.6) is 5.75 Å². The molecule has 142 valence electrons. The Labute approximate surface area is 168 Å². The largest absolute Gasteiger partial charge is 0.512 e. The van der Waals surface area contributed by atoms with Gasteiger partial charge in [0.2, 0.25) is 0 Å². The number of aliphatic hydroxyl groups excluding tert-OH is 3. The second-order valence-corrected chi connectivity index (χ2v) is 8.51. The number of amides is 1. The average molecular weight is 483 g/mol. The van der Waals surface area contributed by atoms with Gasteiger partial charge in [-0.15, -0.1) is 0 Å². The third-order valence-corrected chi connectivity index (χ3v) is 6.93. The highest BCUT2D eigenvalue weighted by atomic mass is 127. The Balaban J connectivity index is 1.85. The lowest BCUT2D eigenvalue weighted by molar-refractivity contribution is -0.116. The first-order valence-electron chi connectivity index (χ1n) is 8.60. The fourth-order valence-electron chi connectivity index (χ4n) is 4.79. The van der Waals surface area contributed by atoms with Gasteiger partial charge in [-0.1, -0.05) is 0 Å². The van der Waals surface area contributed by atoms with Crippen LogP contribution in [0.1, 0.15) is 28.8 Å². The Morgan fingerprint density at radius 1 is 1.19 bits per heavy atom. The molecule has 0 fully saturated rings. The number of phenols is 1. The quantitative estimate of drug-likeness (QED) is 0.387. The van der Waals surface area contributed by atoms with Crippen molar-refractivity contribution in [2.75, 3.05) is 0 Å². The number of fused-ring (bicyclic) bond motifs is 3. The van der Waals surface area contributed by atoms with Gasteiger partial charge in [-0.3, -0.25) is 9.59 Å². The summed E-state index contributed by atoms with van der Waals surface area (Å²) in [7, 11) is 0. The van der Waals surface area contributed by atoms with E-state index in [1.54, 1.807) is 6.07 Å². The van der Waals surface area contributed by atoms with Crippen molar-refractivity contribution in [1.82, 2.24) is 0 Å². The SMILES string of the molecule is NC(=O)C1=C(O)CC2CC3Cc4c(I)ccc(O)c4C(=O)C3=C(O)C2C1O. The summed E-state index contributed by atoms with van der Waals surface area (Å²) in [6.45, 7) is 0. The van der Waals surface area contributed by atoms with Crippen molar-refractivity contribution in [3.05, 3.63) is 49.5 Å². The molecule has 1 amide bonds. The number of hydrogen-bond acceptors (Lipinski definition) is 6. The normalized spacial score (nSPS) is 29.9. The second kappa shape index (κ2) is 6.23. The van der Waals surface area contributed by atoms with E-state index in [1.165, 1.54) is 6.07 Å². The number of nitrogens with two attached hydrogens (primary N) is 1. The van der Waals surface area contributed by atoms with E-state index in [4.69, 9.17) is 5.73 Å². The average Bonchev–Trinajstić information content (AvgIpc) is 2.57. The van der Waals surface area contributed by atoms with Gasteiger partial charge in [0.15, 0.2) is 5.78 Å². The molecule has 1 aromatic rings. The molecule has 4 rings (SSSR count). The van der Waals surface area contributed by atoms with Crippen LogP contribution < -0.4 is 5.73 Å². The lowest BCUT2D eigenvalue weighted by Crippen LogP contribution is -2.45. The summed E-state index contributed by atoms with van der Waals surface area (Å²) in [5.74, 6) is -3.57. The fourth-order valence-corrected chi connectivity index (χ4v) is 5.46. The number of benzene rings is 1. The minimum atomic E-state index is -1.48. The number of rotatable bonds is 1. The lowest BCUT2D eigenvalue weighted by Gasteiger charge is -2.43. The van der Waals surface area contributed by atoms with Gasteiger partial charge in [0, 0.05) is 15.6 Å². The molecule has 0 spiro atoms. The Morgan fingerprint density at radius 3 is 2.56 bits per heavy atom. The maximum absolute atomic E-state index is 13.1. The Kier molecular flexibility index (Phi) is 4.22. The van der Waals surface area contributed by atoms with Crippen LogP contribution in [0.15, 0.2) is 34.8 Å². The first-order chi connectivity index (χ1) is 12.7. The number of hydrogen-bond donors (Lipinski definition) is 5. The molecule has 7 nitrogen and oxygen atoms in total. The Morgan fingerprint density at radius 2 is 1.89 bits per heavy atom. The predicted octanol–water partition coefficient (Wildman–Crippen LogP) is 1.86. The van der Waals surface area contributed by atoms with Gasteiger partial charge in [-0.25, -0.2) is 0 Å². The first kappa shape index (κ1) is 18.3. The minimum absolute atomic E-state index is 0.103. The van der Waals surface area contributed by atoms with E-state index in [1.807, 2.05) is 0 Å². The van der Waals surface area contributed by atoms with Gasteiger partial charge in [0.25, 0.3) is 5.91 Å². The molecule has 6 N–H and O–H groups in total. The zero-order valence-corrected chi connectivity index (χ0v) is 16.3. The van der Waals surface area contributed by atoms with E-state index < -0.39 is 23.7 Å². The third-order valence-electron chi connectivity index (χ3n) is 5.92. The maximum atomic E-state index is 13.1. The van der Waals surface area contributed by atoms with Crippen LogP contribution in [0.4, 0.5) is 0 Å². The maximum Gasteiger partial charge on any atom is 0.250 e. The Bertz CT molecular complexity index is 950. The monoisotopic (exact) mass is 483 g/mol. The molecule has 8 heteroatoms. The van der Waals surface area contributed by atoms with Crippen LogP contribution in [-0.4, -0.2) is 38.2 Å². The number of carbonyl (C=O) groups excluding carboxylic acids is 2. The number of Topliss-reactive ketones (excluding diaryl/α,β-unsaturated/α-hetero) is 1.